The maximum absolute atomic E-state index is 12.3. The Morgan fingerprint density at radius 3 is 2.76 bits per heavy atom. The Labute approximate surface area is 178 Å². The molecule has 3 aromatic heterocycles. The van der Waals surface area contributed by atoms with Gasteiger partial charge in [-0.25, -0.2) is 4.79 Å². The molecular weight excluding hydrogens is 436 g/mol. The predicted octanol–water partition coefficient (Wildman–Crippen LogP) is 5.02. The molecule has 8 heteroatoms. The number of H-pyrrole nitrogens is 1. The number of rotatable bonds is 6. The maximum Gasteiger partial charge on any atom is 0.410 e. The topological polar surface area (TPSA) is 80.3 Å². The number of aromatic nitrogens is 3. The maximum atomic E-state index is 12.3. The molecule has 0 unspecified atom stereocenters. The summed E-state index contributed by atoms with van der Waals surface area (Å²) < 4.78 is 12.3. The Morgan fingerprint density at radius 2 is 2.07 bits per heavy atom. The van der Waals surface area contributed by atoms with Crippen molar-refractivity contribution in [2.75, 3.05) is 19.7 Å². The van der Waals surface area contributed by atoms with Crippen molar-refractivity contribution in [3.63, 3.8) is 0 Å². The molecule has 1 N–H and O–H groups in total. The molecule has 3 aromatic rings. The average Bonchev–Trinajstić information content (AvgIpc) is 3.01. The lowest BCUT2D eigenvalue weighted by molar-refractivity contribution is 0.0237. The lowest BCUT2D eigenvalue weighted by Gasteiger charge is -2.26. The Bertz CT molecular complexity index is 997. The van der Waals surface area contributed by atoms with Gasteiger partial charge in [-0.15, -0.1) is 0 Å². The highest BCUT2D eigenvalue weighted by Crippen LogP contribution is 2.37. The smallest absolute Gasteiger partial charge is 0.410 e. The Morgan fingerprint density at radius 1 is 1.28 bits per heavy atom. The zero-order chi connectivity index (χ0) is 21.0. The minimum absolute atomic E-state index is 0.321. The van der Waals surface area contributed by atoms with Crippen molar-refractivity contribution in [3.05, 3.63) is 41.3 Å². The van der Waals surface area contributed by atoms with Gasteiger partial charge in [-0.2, -0.15) is 0 Å². The van der Waals surface area contributed by atoms with Gasteiger partial charge in [-0.05, 0) is 61.8 Å². The van der Waals surface area contributed by atoms with E-state index in [0.717, 1.165) is 26.8 Å². The third-order valence-electron chi connectivity index (χ3n) is 4.20. The quantitative estimate of drug-likeness (QED) is 0.558. The van der Waals surface area contributed by atoms with E-state index in [4.69, 9.17) is 9.47 Å². The van der Waals surface area contributed by atoms with Crippen LogP contribution in [0.15, 0.2) is 41.3 Å². The van der Waals surface area contributed by atoms with Gasteiger partial charge in [0.2, 0.25) is 0 Å². The SMILES string of the molecule is CCN(CCOc1cnccc1-c1[nH]c2cccnc2c1Br)C(=O)OC(C)(C)C. The van der Waals surface area contributed by atoms with Crippen molar-refractivity contribution in [1.29, 1.82) is 0 Å². The molecule has 1 amide bonds. The van der Waals surface area contributed by atoms with Gasteiger partial charge in [0, 0.05) is 24.5 Å². The molecule has 0 saturated heterocycles. The highest BCUT2D eigenvalue weighted by Gasteiger charge is 2.21. The van der Waals surface area contributed by atoms with Crippen LogP contribution in [0.25, 0.3) is 22.3 Å². The van der Waals surface area contributed by atoms with Crippen molar-refractivity contribution in [2.24, 2.45) is 0 Å². The van der Waals surface area contributed by atoms with Gasteiger partial charge < -0.3 is 19.4 Å². The monoisotopic (exact) mass is 460 g/mol. The summed E-state index contributed by atoms with van der Waals surface area (Å²) in [6.07, 6.45) is 4.79. The fourth-order valence-corrected chi connectivity index (χ4v) is 3.48. The summed E-state index contributed by atoms with van der Waals surface area (Å²) in [6, 6.07) is 5.74. The van der Waals surface area contributed by atoms with E-state index in [2.05, 4.69) is 30.9 Å². The molecular formula is C21H25BrN4O3. The molecule has 154 valence electrons. The van der Waals surface area contributed by atoms with E-state index in [1.807, 2.05) is 45.9 Å². The number of nitrogens with zero attached hydrogens (tertiary/aromatic N) is 3. The molecule has 29 heavy (non-hydrogen) atoms. The lowest BCUT2D eigenvalue weighted by atomic mass is 10.2. The highest BCUT2D eigenvalue weighted by molar-refractivity contribution is 9.10. The molecule has 0 aliphatic heterocycles. The lowest BCUT2D eigenvalue weighted by Crippen LogP contribution is -2.38. The number of hydrogen-bond donors (Lipinski definition) is 1. The number of aromatic amines is 1. The summed E-state index contributed by atoms with van der Waals surface area (Å²) in [4.78, 5) is 25.9. The zero-order valence-corrected chi connectivity index (χ0v) is 18.6. The number of hydrogen-bond acceptors (Lipinski definition) is 5. The van der Waals surface area contributed by atoms with Crippen molar-refractivity contribution in [2.45, 2.75) is 33.3 Å². The summed E-state index contributed by atoms with van der Waals surface area (Å²) in [5.41, 5.74) is 2.99. The van der Waals surface area contributed by atoms with Crippen LogP contribution in [0.4, 0.5) is 4.79 Å². The summed E-state index contributed by atoms with van der Waals surface area (Å²) >= 11 is 3.63. The third kappa shape index (κ3) is 5.06. The van der Waals surface area contributed by atoms with Gasteiger partial charge >= 0.3 is 6.09 Å². The van der Waals surface area contributed by atoms with E-state index in [1.54, 1.807) is 23.5 Å². The van der Waals surface area contributed by atoms with E-state index >= 15 is 0 Å². The van der Waals surface area contributed by atoms with Crippen molar-refractivity contribution >= 4 is 33.1 Å². The molecule has 7 nitrogen and oxygen atoms in total. The molecule has 0 bridgehead atoms. The van der Waals surface area contributed by atoms with Gasteiger partial charge in [0.05, 0.1) is 28.4 Å². The first-order valence-electron chi connectivity index (χ1n) is 9.47. The number of nitrogens with one attached hydrogen (secondary N) is 1. The van der Waals surface area contributed by atoms with E-state index in [9.17, 15) is 4.79 Å². The van der Waals surface area contributed by atoms with Crippen LogP contribution in [0.5, 0.6) is 5.75 Å². The largest absolute Gasteiger partial charge is 0.489 e. The molecule has 0 spiro atoms. The van der Waals surface area contributed by atoms with E-state index < -0.39 is 5.60 Å². The molecule has 3 heterocycles. The van der Waals surface area contributed by atoms with Crippen molar-refractivity contribution < 1.29 is 14.3 Å². The molecule has 0 radical (unpaired) electrons. The van der Waals surface area contributed by atoms with Crippen LogP contribution < -0.4 is 4.74 Å². The summed E-state index contributed by atoms with van der Waals surface area (Å²) in [6.45, 7) is 8.74. The number of likely N-dealkylation sites (N-methyl/N-ethyl adjacent to an activating group) is 1. The second kappa shape index (κ2) is 8.82. The minimum atomic E-state index is -0.530. The standard InChI is InChI=1S/C21H25BrN4O3/c1-5-26(20(27)29-21(2,3)4)11-12-28-16-13-23-10-8-14(16)18-17(22)19-15(25-18)7-6-9-24-19/h6-10,13,25H,5,11-12H2,1-4H3. The van der Waals surface area contributed by atoms with Gasteiger partial charge in [-0.3, -0.25) is 9.97 Å². The van der Waals surface area contributed by atoms with Gasteiger partial charge in [-0.1, -0.05) is 0 Å². The zero-order valence-electron chi connectivity index (χ0n) is 17.0. The number of amides is 1. The van der Waals surface area contributed by atoms with Crippen LogP contribution in [0.2, 0.25) is 0 Å². The van der Waals surface area contributed by atoms with Crippen LogP contribution >= 0.6 is 15.9 Å². The first-order valence-corrected chi connectivity index (χ1v) is 10.3. The van der Waals surface area contributed by atoms with E-state index in [0.29, 0.717) is 25.4 Å². The number of carbonyl (C=O) groups is 1. The second-order valence-corrected chi connectivity index (χ2v) is 8.29. The molecule has 0 aromatic carbocycles. The average molecular weight is 461 g/mol. The molecule has 0 atom stereocenters. The Kier molecular flexibility index (Phi) is 6.42. The molecule has 0 aliphatic rings. The summed E-state index contributed by atoms with van der Waals surface area (Å²) in [5.74, 6) is 0.625. The first kappa shape index (κ1) is 21.1. The number of ether oxygens (including phenoxy) is 2. The molecule has 0 saturated carbocycles. The van der Waals surface area contributed by atoms with Crippen molar-refractivity contribution in [1.82, 2.24) is 19.9 Å². The second-order valence-electron chi connectivity index (χ2n) is 7.49. The van der Waals surface area contributed by atoms with Crippen LogP contribution in [0.1, 0.15) is 27.7 Å². The number of halogens is 1. The van der Waals surface area contributed by atoms with E-state index in [-0.39, 0.29) is 6.09 Å². The van der Waals surface area contributed by atoms with E-state index in [1.165, 1.54) is 0 Å². The van der Waals surface area contributed by atoms with Crippen LogP contribution in [-0.2, 0) is 4.74 Å². The number of fused-ring (bicyclic) bond motifs is 1. The Balaban J connectivity index is 1.74. The van der Waals surface area contributed by atoms with Gasteiger partial charge in [0.15, 0.2) is 0 Å². The summed E-state index contributed by atoms with van der Waals surface area (Å²) in [7, 11) is 0. The molecule has 3 rings (SSSR count). The summed E-state index contributed by atoms with van der Waals surface area (Å²) in [5, 5.41) is 0. The Hall–Kier alpha value is -2.61. The van der Waals surface area contributed by atoms with Gasteiger partial charge in [0.25, 0.3) is 0 Å². The van der Waals surface area contributed by atoms with Crippen LogP contribution in [-0.4, -0.2) is 51.2 Å². The normalized spacial score (nSPS) is 11.5. The fourth-order valence-electron chi connectivity index (χ4n) is 2.85. The predicted molar refractivity (Wildman–Crippen MR) is 116 cm³/mol. The van der Waals surface area contributed by atoms with Gasteiger partial charge in [0.1, 0.15) is 23.5 Å². The number of carbonyl (C=O) groups excluding carboxylic acids is 1. The van der Waals surface area contributed by atoms with Crippen LogP contribution in [0.3, 0.4) is 0 Å². The molecule has 0 fully saturated rings. The minimum Gasteiger partial charge on any atom is -0.489 e. The number of pyridine rings is 2. The van der Waals surface area contributed by atoms with Crippen LogP contribution in [0, 0.1) is 0 Å². The van der Waals surface area contributed by atoms with Crippen molar-refractivity contribution in [3.8, 4) is 17.0 Å². The third-order valence-corrected chi connectivity index (χ3v) is 4.97. The fraction of sp³-hybridized carbons (Fsp3) is 0.381. The first-order chi connectivity index (χ1) is 13.8. The highest BCUT2D eigenvalue weighted by atomic mass is 79.9. The molecule has 0 aliphatic carbocycles.